The monoisotopic (exact) mass is 315 g/mol. The van der Waals surface area contributed by atoms with E-state index in [0.717, 1.165) is 31.8 Å². The molecular formula is C19H29N3O. The number of nitrogens with zero attached hydrogens (tertiary/aromatic N) is 1. The summed E-state index contributed by atoms with van der Waals surface area (Å²) in [5.41, 5.74) is 2.55. The molecule has 1 amide bonds. The van der Waals surface area contributed by atoms with Crippen LogP contribution in [0.5, 0.6) is 0 Å². The van der Waals surface area contributed by atoms with Crippen LogP contribution in [0.2, 0.25) is 0 Å². The number of carbonyl (C=O) groups is 1. The lowest BCUT2D eigenvalue weighted by Gasteiger charge is -2.30. The van der Waals surface area contributed by atoms with Crippen molar-refractivity contribution in [3.05, 3.63) is 35.4 Å². The van der Waals surface area contributed by atoms with Crippen LogP contribution in [0.25, 0.3) is 0 Å². The first-order chi connectivity index (χ1) is 11.2. The molecule has 2 aliphatic heterocycles. The molecule has 2 fully saturated rings. The summed E-state index contributed by atoms with van der Waals surface area (Å²) < 4.78 is 0. The average molecular weight is 315 g/mol. The van der Waals surface area contributed by atoms with Crippen molar-refractivity contribution in [2.24, 2.45) is 5.92 Å². The van der Waals surface area contributed by atoms with Crippen LogP contribution in [0, 0.1) is 5.92 Å². The number of amides is 1. The molecule has 0 radical (unpaired) electrons. The lowest BCUT2D eigenvalue weighted by molar-refractivity contribution is -0.122. The average Bonchev–Trinajstić information content (AvgIpc) is 3.10. The minimum Gasteiger partial charge on any atom is -0.351 e. The van der Waals surface area contributed by atoms with Crippen LogP contribution >= 0.6 is 0 Å². The molecule has 1 atom stereocenters. The van der Waals surface area contributed by atoms with E-state index in [2.05, 4.69) is 46.7 Å². The Morgan fingerprint density at radius 2 is 2.04 bits per heavy atom. The van der Waals surface area contributed by atoms with E-state index >= 15 is 0 Å². The van der Waals surface area contributed by atoms with E-state index in [1.807, 2.05) is 0 Å². The van der Waals surface area contributed by atoms with Crippen LogP contribution in [-0.4, -0.2) is 36.5 Å². The van der Waals surface area contributed by atoms with Gasteiger partial charge in [0.2, 0.25) is 5.91 Å². The fraction of sp³-hybridized carbons (Fsp3) is 0.632. The van der Waals surface area contributed by atoms with Gasteiger partial charge in [0.25, 0.3) is 0 Å². The Bertz CT molecular complexity index is 517. The quantitative estimate of drug-likeness (QED) is 0.876. The van der Waals surface area contributed by atoms with Crippen LogP contribution < -0.4 is 10.6 Å². The summed E-state index contributed by atoms with van der Waals surface area (Å²) in [6.07, 6.45) is 4.68. The molecule has 0 unspecified atom stereocenters. The maximum atomic E-state index is 12.1. The number of hydrogen-bond acceptors (Lipinski definition) is 3. The highest BCUT2D eigenvalue weighted by molar-refractivity contribution is 5.81. The molecular weight excluding hydrogens is 286 g/mol. The van der Waals surface area contributed by atoms with Crippen molar-refractivity contribution in [2.75, 3.05) is 19.6 Å². The van der Waals surface area contributed by atoms with Gasteiger partial charge in [-0.25, -0.2) is 0 Å². The van der Waals surface area contributed by atoms with Gasteiger partial charge in [-0.05, 0) is 62.4 Å². The summed E-state index contributed by atoms with van der Waals surface area (Å²) in [4.78, 5) is 14.6. The van der Waals surface area contributed by atoms with Gasteiger partial charge in [-0.2, -0.15) is 0 Å². The topological polar surface area (TPSA) is 44.4 Å². The smallest absolute Gasteiger partial charge is 0.237 e. The molecule has 3 rings (SSSR count). The van der Waals surface area contributed by atoms with Gasteiger partial charge < -0.3 is 10.6 Å². The van der Waals surface area contributed by atoms with Gasteiger partial charge in [-0.15, -0.1) is 0 Å². The van der Waals surface area contributed by atoms with Gasteiger partial charge in [0.1, 0.15) is 0 Å². The van der Waals surface area contributed by atoms with Gasteiger partial charge in [0.15, 0.2) is 0 Å². The molecule has 0 saturated carbocycles. The van der Waals surface area contributed by atoms with E-state index in [-0.39, 0.29) is 11.9 Å². The van der Waals surface area contributed by atoms with Crippen molar-refractivity contribution >= 4 is 5.91 Å². The molecule has 0 aliphatic carbocycles. The van der Waals surface area contributed by atoms with E-state index in [1.165, 1.54) is 37.1 Å². The third-order valence-corrected chi connectivity index (χ3v) is 5.12. The fourth-order valence-corrected chi connectivity index (χ4v) is 3.54. The molecule has 1 aromatic carbocycles. The van der Waals surface area contributed by atoms with Gasteiger partial charge in [0, 0.05) is 13.1 Å². The van der Waals surface area contributed by atoms with Crippen molar-refractivity contribution in [3.63, 3.8) is 0 Å². The Labute approximate surface area is 139 Å². The lowest BCUT2D eigenvalue weighted by Crippen LogP contribution is -2.40. The molecule has 126 valence electrons. The molecule has 0 aromatic heterocycles. The van der Waals surface area contributed by atoms with Crippen molar-refractivity contribution in [1.82, 2.24) is 15.5 Å². The first-order valence-electron chi connectivity index (χ1n) is 9.02. The van der Waals surface area contributed by atoms with E-state index in [4.69, 9.17) is 0 Å². The highest BCUT2D eigenvalue weighted by atomic mass is 16.2. The molecule has 2 N–H and O–H groups in total. The Hall–Kier alpha value is -1.39. The fourth-order valence-electron chi connectivity index (χ4n) is 3.54. The second kappa shape index (κ2) is 7.93. The van der Waals surface area contributed by atoms with E-state index in [0.29, 0.717) is 6.54 Å². The number of nitrogens with one attached hydrogen (secondary N) is 2. The Morgan fingerprint density at radius 1 is 1.26 bits per heavy atom. The highest BCUT2D eigenvalue weighted by Gasteiger charge is 2.21. The van der Waals surface area contributed by atoms with Crippen LogP contribution in [0.4, 0.5) is 0 Å². The predicted molar refractivity (Wildman–Crippen MR) is 93.0 cm³/mol. The van der Waals surface area contributed by atoms with Crippen molar-refractivity contribution in [3.8, 4) is 0 Å². The highest BCUT2D eigenvalue weighted by Crippen LogP contribution is 2.18. The maximum Gasteiger partial charge on any atom is 0.237 e. The molecule has 2 aliphatic rings. The van der Waals surface area contributed by atoms with Crippen molar-refractivity contribution in [2.45, 2.75) is 51.7 Å². The van der Waals surface area contributed by atoms with Crippen LogP contribution in [0.15, 0.2) is 24.3 Å². The standard InChI is InChI=1S/C19H29N3O/c1-15-7-10-22(11-8-15)14-17-5-2-4-16(12-17)13-21-19(23)18-6-3-9-20-18/h2,4-5,12,15,18,20H,3,6-11,13-14H2,1H3,(H,21,23)/t18-/m1/s1. The first-order valence-corrected chi connectivity index (χ1v) is 9.02. The third kappa shape index (κ3) is 4.79. The van der Waals surface area contributed by atoms with Crippen LogP contribution in [0.1, 0.15) is 43.7 Å². The zero-order chi connectivity index (χ0) is 16.1. The van der Waals surface area contributed by atoms with Crippen LogP contribution in [0.3, 0.4) is 0 Å². The molecule has 23 heavy (non-hydrogen) atoms. The Balaban J connectivity index is 1.49. The molecule has 2 saturated heterocycles. The molecule has 2 heterocycles. The largest absolute Gasteiger partial charge is 0.351 e. The number of hydrogen-bond donors (Lipinski definition) is 2. The SMILES string of the molecule is CC1CCN(Cc2cccc(CNC(=O)[C@H]3CCCN3)c2)CC1. The molecule has 1 aromatic rings. The summed E-state index contributed by atoms with van der Waals surface area (Å²) in [5.74, 6) is 1.01. The van der Waals surface area contributed by atoms with E-state index < -0.39 is 0 Å². The predicted octanol–water partition coefficient (Wildman–Crippen LogP) is 2.29. The number of likely N-dealkylation sites (tertiary alicyclic amines) is 1. The lowest BCUT2D eigenvalue weighted by atomic mass is 9.98. The summed E-state index contributed by atoms with van der Waals surface area (Å²) in [5, 5.41) is 6.31. The van der Waals surface area contributed by atoms with Crippen molar-refractivity contribution in [1.29, 1.82) is 0 Å². The van der Waals surface area contributed by atoms with E-state index in [1.54, 1.807) is 0 Å². The Morgan fingerprint density at radius 3 is 2.78 bits per heavy atom. The molecule has 0 spiro atoms. The zero-order valence-corrected chi connectivity index (χ0v) is 14.2. The minimum atomic E-state index is 0.00789. The maximum absolute atomic E-state index is 12.1. The first kappa shape index (κ1) is 16.5. The van der Waals surface area contributed by atoms with Gasteiger partial charge >= 0.3 is 0 Å². The summed E-state index contributed by atoms with van der Waals surface area (Å²) in [7, 11) is 0. The molecule has 0 bridgehead atoms. The number of rotatable bonds is 5. The third-order valence-electron chi connectivity index (χ3n) is 5.12. The van der Waals surface area contributed by atoms with Gasteiger partial charge in [0.05, 0.1) is 6.04 Å². The number of carbonyl (C=O) groups excluding carboxylic acids is 1. The van der Waals surface area contributed by atoms with Gasteiger partial charge in [-0.1, -0.05) is 31.2 Å². The zero-order valence-electron chi connectivity index (χ0n) is 14.2. The summed E-state index contributed by atoms with van der Waals surface area (Å²) in [6.45, 7) is 7.37. The van der Waals surface area contributed by atoms with Crippen LogP contribution in [-0.2, 0) is 17.9 Å². The van der Waals surface area contributed by atoms with Crippen molar-refractivity contribution < 1.29 is 4.79 Å². The summed E-state index contributed by atoms with van der Waals surface area (Å²) in [6, 6.07) is 8.65. The number of piperidine rings is 1. The second-order valence-corrected chi connectivity index (χ2v) is 7.15. The van der Waals surface area contributed by atoms with Gasteiger partial charge in [-0.3, -0.25) is 9.69 Å². The molecule has 4 heteroatoms. The van der Waals surface area contributed by atoms with E-state index in [9.17, 15) is 4.79 Å². The molecule has 4 nitrogen and oxygen atoms in total. The minimum absolute atomic E-state index is 0.00789. The Kier molecular flexibility index (Phi) is 5.68. The summed E-state index contributed by atoms with van der Waals surface area (Å²) >= 11 is 0. The normalized spacial score (nSPS) is 23.1. The second-order valence-electron chi connectivity index (χ2n) is 7.15. The number of benzene rings is 1.